The molecule has 21 heavy (non-hydrogen) atoms. The van der Waals surface area contributed by atoms with Crippen molar-refractivity contribution in [3.8, 4) is 0 Å². The number of hydrogen-bond acceptors (Lipinski definition) is 3. The van der Waals surface area contributed by atoms with Gasteiger partial charge in [0.15, 0.2) is 0 Å². The van der Waals surface area contributed by atoms with Crippen molar-refractivity contribution in [3.05, 3.63) is 57.2 Å². The molecule has 0 radical (unpaired) electrons. The van der Waals surface area contributed by atoms with Gasteiger partial charge in [-0.15, -0.1) is 0 Å². The summed E-state index contributed by atoms with van der Waals surface area (Å²) in [5.74, 6) is 0.0272. The van der Waals surface area contributed by atoms with Crippen molar-refractivity contribution >= 4 is 28.8 Å². The van der Waals surface area contributed by atoms with Crippen LogP contribution < -0.4 is 5.32 Å². The standard InChI is InChI=1S/C16H19ClN2OS/c1-19(2)15(13-7-8-21-11-13)10-18-16(20)9-12-3-5-14(17)6-4-12/h3-8,11,15H,9-10H2,1-2H3,(H,18,20). The van der Waals surface area contributed by atoms with Crippen molar-refractivity contribution < 1.29 is 4.79 Å². The maximum Gasteiger partial charge on any atom is 0.224 e. The fraction of sp³-hybridized carbons (Fsp3) is 0.312. The van der Waals surface area contributed by atoms with Crippen LogP contribution >= 0.6 is 22.9 Å². The fourth-order valence-electron chi connectivity index (χ4n) is 2.12. The number of benzene rings is 1. The Balaban J connectivity index is 1.89. The Morgan fingerprint density at radius 1 is 1.29 bits per heavy atom. The molecule has 0 aliphatic carbocycles. The topological polar surface area (TPSA) is 32.3 Å². The van der Waals surface area contributed by atoms with Crippen LogP contribution in [0.25, 0.3) is 0 Å². The van der Waals surface area contributed by atoms with Gasteiger partial charge in [0.05, 0.1) is 12.5 Å². The minimum absolute atomic E-state index is 0.0272. The molecule has 0 saturated carbocycles. The molecule has 0 bridgehead atoms. The van der Waals surface area contributed by atoms with E-state index in [0.717, 1.165) is 5.56 Å². The Hall–Kier alpha value is -1.36. The predicted molar refractivity (Wildman–Crippen MR) is 88.9 cm³/mol. The van der Waals surface area contributed by atoms with Crippen molar-refractivity contribution in [2.45, 2.75) is 12.5 Å². The minimum atomic E-state index is 0.0272. The second-order valence-corrected chi connectivity index (χ2v) is 6.36. The highest BCUT2D eigenvalue weighted by Gasteiger charge is 2.15. The van der Waals surface area contributed by atoms with Crippen LogP contribution in [0.1, 0.15) is 17.2 Å². The van der Waals surface area contributed by atoms with Gasteiger partial charge >= 0.3 is 0 Å². The Morgan fingerprint density at radius 2 is 2.00 bits per heavy atom. The van der Waals surface area contributed by atoms with Gasteiger partial charge in [0.1, 0.15) is 0 Å². The molecule has 0 saturated heterocycles. The molecule has 0 aliphatic rings. The van der Waals surface area contributed by atoms with E-state index in [1.165, 1.54) is 5.56 Å². The van der Waals surface area contributed by atoms with Crippen LogP contribution in [0.2, 0.25) is 5.02 Å². The molecule has 0 spiro atoms. The fourth-order valence-corrected chi connectivity index (χ4v) is 2.96. The molecule has 1 unspecified atom stereocenters. The molecule has 1 aromatic carbocycles. The normalized spacial score (nSPS) is 12.4. The second kappa shape index (κ2) is 7.59. The van der Waals surface area contributed by atoms with E-state index < -0.39 is 0 Å². The van der Waals surface area contributed by atoms with Gasteiger partial charge in [0.25, 0.3) is 0 Å². The maximum absolute atomic E-state index is 12.0. The molecule has 1 heterocycles. The van der Waals surface area contributed by atoms with Crippen molar-refractivity contribution in [1.82, 2.24) is 10.2 Å². The van der Waals surface area contributed by atoms with Crippen LogP contribution in [0.3, 0.4) is 0 Å². The molecule has 112 valence electrons. The van der Waals surface area contributed by atoms with Crippen molar-refractivity contribution in [3.63, 3.8) is 0 Å². The number of halogens is 1. The van der Waals surface area contributed by atoms with Gasteiger partial charge in [0.2, 0.25) is 5.91 Å². The number of carbonyl (C=O) groups is 1. The number of rotatable bonds is 6. The molecule has 1 amide bonds. The summed E-state index contributed by atoms with van der Waals surface area (Å²) in [6, 6.07) is 9.66. The molecular weight excluding hydrogens is 304 g/mol. The van der Waals surface area contributed by atoms with E-state index in [1.807, 2.05) is 26.2 Å². The number of carbonyl (C=O) groups excluding carboxylic acids is 1. The zero-order valence-corrected chi connectivity index (χ0v) is 13.7. The quantitative estimate of drug-likeness (QED) is 0.884. The lowest BCUT2D eigenvalue weighted by Gasteiger charge is -2.24. The van der Waals surface area contributed by atoms with Crippen LogP contribution in [0.4, 0.5) is 0 Å². The van der Waals surface area contributed by atoms with E-state index in [1.54, 1.807) is 23.5 Å². The first-order valence-corrected chi connectivity index (χ1v) is 8.08. The van der Waals surface area contributed by atoms with E-state index in [-0.39, 0.29) is 11.9 Å². The van der Waals surface area contributed by atoms with E-state index in [4.69, 9.17) is 11.6 Å². The van der Waals surface area contributed by atoms with Gasteiger partial charge in [-0.1, -0.05) is 23.7 Å². The first-order chi connectivity index (χ1) is 10.1. The molecule has 1 aromatic heterocycles. The summed E-state index contributed by atoms with van der Waals surface area (Å²) in [7, 11) is 4.04. The molecule has 1 atom stereocenters. The third-order valence-corrected chi connectivity index (χ3v) is 4.28. The molecule has 0 fully saturated rings. The summed E-state index contributed by atoms with van der Waals surface area (Å²) in [5, 5.41) is 7.87. The van der Waals surface area contributed by atoms with Crippen molar-refractivity contribution in [2.24, 2.45) is 0 Å². The molecule has 1 N–H and O–H groups in total. The molecule has 0 aliphatic heterocycles. The largest absolute Gasteiger partial charge is 0.354 e. The summed E-state index contributed by atoms with van der Waals surface area (Å²) in [5.41, 5.74) is 2.20. The summed E-state index contributed by atoms with van der Waals surface area (Å²) in [6.07, 6.45) is 0.376. The van der Waals surface area contributed by atoms with Gasteiger partial charge in [-0.25, -0.2) is 0 Å². The number of nitrogens with one attached hydrogen (secondary N) is 1. The lowest BCUT2D eigenvalue weighted by atomic mass is 10.1. The average molecular weight is 323 g/mol. The van der Waals surface area contributed by atoms with Gasteiger partial charge in [-0.3, -0.25) is 4.79 Å². The van der Waals surface area contributed by atoms with Crippen LogP contribution in [-0.4, -0.2) is 31.4 Å². The second-order valence-electron chi connectivity index (χ2n) is 5.14. The highest BCUT2D eigenvalue weighted by molar-refractivity contribution is 7.07. The summed E-state index contributed by atoms with van der Waals surface area (Å²) in [6.45, 7) is 0.607. The Morgan fingerprint density at radius 3 is 2.57 bits per heavy atom. The van der Waals surface area contributed by atoms with Gasteiger partial charge in [0, 0.05) is 11.6 Å². The molecule has 3 nitrogen and oxygen atoms in total. The highest BCUT2D eigenvalue weighted by Crippen LogP contribution is 2.20. The van der Waals surface area contributed by atoms with Crippen LogP contribution in [0.15, 0.2) is 41.1 Å². The monoisotopic (exact) mass is 322 g/mol. The Bertz CT molecular complexity index is 566. The Labute approximate surface area is 134 Å². The average Bonchev–Trinajstić information content (AvgIpc) is 2.95. The molecule has 2 rings (SSSR count). The summed E-state index contributed by atoms with van der Waals surface area (Å²) in [4.78, 5) is 14.1. The lowest BCUT2D eigenvalue weighted by Crippen LogP contribution is -2.35. The van der Waals surface area contributed by atoms with E-state index in [9.17, 15) is 4.79 Å². The first kappa shape index (κ1) is 16.0. The zero-order valence-electron chi connectivity index (χ0n) is 12.2. The zero-order chi connectivity index (χ0) is 15.2. The van der Waals surface area contributed by atoms with Gasteiger partial charge < -0.3 is 10.2 Å². The number of nitrogens with zero attached hydrogens (tertiary/aromatic N) is 1. The van der Waals surface area contributed by atoms with E-state index >= 15 is 0 Å². The van der Waals surface area contributed by atoms with E-state index in [0.29, 0.717) is 18.0 Å². The third kappa shape index (κ3) is 4.84. The number of thiophene rings is 1. The summed E-state index contributed by atoms with van der Waals surface area (Å²) >= 11 is 7.51. The van der Waals surface area contributed by atoms with Gasteiger partial charge in [-0.2, -0.15) is 11.3 Å². The smallest absolute Gasteiger partial charge is 0.224 e. The first-order valence-electron chi connectivity index (χ1n) is 6.76. The van der Waals surface area contributed by atoms with Gasteiger partial charge in [-0.05, 0) is 54.2 Å². The minimum Gasteiger partial charge on any atom is -0.354 e. The predicted octanol–water partition coefficient (Wildman–Crippen LogP) is 3.36. The SMILES string of the molecule is CN(C)C(CNC(=O)Cc1ccc(Cl)cc1)c1ccsc1. The number of likely N-dealkylation sites (N-methyl/N-ethyl adjacent to an activating group) is 1. The maximum atomic E-state index is 12.0. The van der Waals surface area contributed by atoms with Crippen molar-refractivity contribution in [1.29, 1.82) is 0 Å². The third-order valence-electron chi connectivity index (χ3n) is 3.32. The van der Waals surface area contributed by atoms with Crippen LogP contribution in [0, 0.1) is 0 Å². The Kier molecular flexibility index (Phi) is 5.79. The molecule has 5 heteroatoms. The van der Waals surface area contributed by atoms with Crippen LogP contribution in [0.5, 0.6) is 0 Å². The van der Waals surface area contributed by atoms with E-state index in [2.05, 4.69) is 27.0 Å². The lowest BCUT2D eigenvalue weighted by molar-refractivity contribution is -0.120. The number of hydrogen-bond donors (Lipinski definition) is 1. The van der Waals surface area contributed by atoms with Crippen LogP contribution in [-0.2, 0) is 11.2 Å². The molecule has 2 aromatic rings. The highest BCUT2D eigenvalue weighted by atomic mass is 35.5. The molecular formula is C16H19ClN2OS. The number of amides is 1. The van der Waals surface area contributed by atoms with Crippen molar-refractivity contribution in [2.75, 3.05) is 20.6 Å². The summed E-state index contributed by atoms with van der Waals surface area (Å²) < 4.78 is 0.